The Morgan fingerprint density at radius 2 is 2.10 bits per heavy atom. The monoisotopic (exact) mass is 289 g/mol. The second-order valence-electron chi connectivity index (χ2n) is 6.10. The number of amides is 1. The van der Waals surface area contributed by atoms with E-state index in [4.69, 9.17) is 16.2 Å². The van der Waals surface area contributed by atoms with Crippen molar-refractivity contribution in [3.05, 3.63) is 22.9 Å². The van der Waals surface area contributed by atoms with Crippen LogP contribution in [-0.2, 0) is 12.8 Å². The summed E-state index contributed by atoms with van der Waals surface area (Å²) in [6.45, 7) is 0.613. The molecule has 0 radical (unpaired) electrons. The van der Waals surface area contributed by atoms with Crippen LogP contribution in [0.5, 0.6) is 5.88 Å². The fraction of sp³-hybridized carbons (Fsp3) is 0.625. The van der Waals surface area contributed by atoms with Gasteiger partial charge < -0.3 is 16.2 Å². The third-order valence-corrected chi connectivity index (χ3v) is 4.69. The Hall–Kier alpha value is -1.62. The number of hydrogen-bond donors (Lipinski definition) is 2. The number of pyridine rings is 1. The third kappa shape index (κ3) is 2.88. The maximum absolute atomic E-state index is 11.7. The van der Waals surface area contributed by atoms with Crippen LogP contribution >= 0.6 is 0 Å². The van der Waals surface area contributed by atoms with Gasteiger partial charge in [0, 0.05) is 11.6 Å². The van der Waals surface area contributed by atoms with E-state index < -0.39 is 5.91 Å². The first kappa shape index (κ1) is 14.3. The number of ether oxygens (including phenoxy) is 1. The van der Waals surface area contributed by atoms with Gasteiger partial charge >= 0.3 is 0 Å². The Morgan fingerprint density at radius 1 is 1.29 bits per heavy atom. The summed E-state index contributed by atoms with van der Waals surface area (Å²) in [5.41, 5.74) is 13.9. The van der Waals surface area contributed by atoms with E-state index >= 15 is 0 Å². The molecule has 0 bridgehead atoms. The molecule has 4 N–H and O–H groups in total. The molecule has 0 spiro atoms. The van der Waals surface area contributed by atoms with E-state index in [1.807, 2.05) is 6.07 Å². The Bertz CT molecular complexity index is 545. The summed E-state index contributed by atoms with van der Waals surface area (Å²) in [6, 6.07) is 1.88. The lowest BCUT2D eigenvalue weighted by Crippen LogP contribution is -2.29. The summed E-state index contributed by atoms with van der Waals surface area (Å²) in [6.07, 6.45) is 7.44. The van der Waals surface area contributed by atoms with E-state index in [2.05, 4.69) is 4.98 Å². The van der Waals surface area contributed by atoms with Crippen molar-refractivity contribution >= 4 is 5.91 Å². The van der Waals surface area contributed by atoms with E-state index in [-0.39, 0.29) is 6.10 Å². The minimum Gasteiger partial charge on any atom is -0.473 e. The molecule has 114 valence electrons. The maximum Gasteiger partial charge on any atom is 0.254 e. The van der Waals surface area contributed by atoms with Gasteiger partial charge in [-0.25, -0.2) is 4.98 Å². The minimum absolute atomic E-state index is 0.0576. The van der Waals surface area contributed by atoms with Gasteiger partial charge in [0.05, 0.1) is 0 Å². The second kappa shape index (κ2) is 6.02. The van der Waals surface area contributed by atoms with Crippen molar-refractivity contribution in [3.8, 4) is 5.88 Å². The largest absolute Gasteiger partial charge is 0.473 e. The maximum atomic E-state index is 11.7. The number of rotatable bonds is 4. The first-order valence-corrected chi connectivity index (χ1v) is 7.88. The van der Waals surface area contributed by atoms with E-state index in [0.29, 0.717) is 23.9 Å². The number of nitrogens with two attached hydrogens (primary N) is 2. The topological polar surface area (TPSA) is 91.2 Å². The van der Waals surface area contributed by atoms with Crippen molar-refractivity contribution in [2.24, 2.45) is 17.4 Å². The van der Waals surface area contributed by atoms with Gasteiger partial charge in [-0.1, -0.05) is 0 Å². The zero-order chi connectivity index (χ0) is 14.8. The van der Waals surface area contributed by atoms with Crippen LogP contribution in [0.4, 0.5) is 0 Å². The first-order chi connectivity index (χ1) is 10.2. The second-order valence-corrected chi connectivity index (χ2v) is 6.10. The van der Waals surface area contributed by atoms with E-state index in [9.17, 15) is 4.79 Å². The van der Waals surface area contributed by atoms with E-state index in [0.717, 1.165) is 56.2 Å². The molecule has 2 atom stereocenters. The van der Waals surface area contributed by atoms with Crippen molar-refractivity contribution in [1.82, 2.24) is 4.98 Å². The summed E-state index contributed by atoms with van der Waals surface area (Å²) in [4.78, 5) is 16.3. The molecule has 2 aliphatic carbocycles. The predicted molar refractivity (Wildman–Crippen MR) is 80.2 cm³/mol. The molecule has 2 unspecified atom stereocenters. The molecule has 5 nitrogen and oxygen atoms in total. The van der Waals surface area contributed by atoms with E-state index in [1.165, 1.54) is 0 Å². The van der Waals surface area contributed by atoms with Crippen molar-refractivity contribution in [2.75, 3.05) is 6.54 Å². The average molecular weight is 289 g/mol. The van der Waals surface area contributed by atoms with Crippen LogP contribution in [0.15, 0.2) is 6.07 Å². The number of hydrogen-bond acceptors (Lipinski definition) is 4. The molecule has 0 aromatic carbocycles. The molecule has 3 rings (SSSR count). The van der Waals surface area contributed by atoms with E-state index in [1.54, 1.807) is 0 Å². The Balaban J connectivity index is 1.90. The first-order valence-electron chi connectivity index (χ1n) is 7.88. The number of nitrogens with zero attached hydrogens (tertiary/aromatic N) is 1. The van der Waals surface area contributed by atoms with Crippen molar-refractivity contribution in [2.45, 2.75) is 51.0 Å². The summed E-state index contributed by atoms with van der Waals surface area (Å²) in [5.74, 6) is 0.297. The standard InChI is InChI=1S/C16H23N3O2/c17-9-11-5-3-7-14(11)21-16-12(15(18)20)8-10-4-1-2-6-13(10)19-16/h8,11,14H,1-7,9,17H2,(H2,18,20). The molecule has 1 amide bonds. The lowest BCUT2D eigenvalue weighted by Gasteiger charge is -2.23. The van der Waals surface area contributed by atoms with Crippen molar-refractivity contribution in [3.63, 3.8) is 0 Å². The molecule has 0 saturated heterocycles. The fourth-order valence-corrected chi connectivity index (χ4v) is 3.45. The smallest absolute Gasteiger partial charge is 0.254 e. The minimum atomic E-state index is -0.465. The van der Waals surface area contributed by atoms with Gasteiger partial charge in [0.15, 0.2) is 0 Å². The van der Waals surface area contributed by atoms with Crippen LogP contribution < -0.4 is 16.2 Å². The molecule has 21 heavy (non-hydrogen) atoms. The summed E-state index contributed by atoms with van der Waals surface area (Å²) in [7, 11) is 0. The van der Waals surface area contributed by atoms with Gasteiger partial charge in [0.25, 0.3) is 5.91 Å². The number of primary amides is 1. The number of carbonyl (C=O) groups excluding carboxylic acids is 1. The van der Waals surface area contributed by atoms with Crippen molar-refractivity contribution < 1.29 is 9.53 Å². The number of fused-ring (bicyclic) bond motifs is 1. The lowest BCUT2D eigenvalue weighted by molar-refractivity contribution is 0.0985. The number of carbonyl (C=O) groups is 1. The molecule has 0 aliphatic heterocycles. The summed E-state index contributed by atoms with van der Waals surface area (Å²) in [5, 5.41) is 0. The Kier molecular flexibility index (Phi) is 4.10. The number of aromatic nitrogens is 1. The highest BCUT2D eigenvalue weighted by Gasteiger charge is 2.30. The predicted octanol–water partition coefficient (Wildman–Crippen LogP) is 1.57. The van der Waals surface area contributed by atoms with Gasteiger partial charge in [0.2, 0.25) is 5.88 Å². The molecule has 1 aromatic rings. The van der Waals surface area contributed by atoms with Crippen LogP contribution in [0.2, 0.25) is 0 Å². The third-order valence-electron chi connectivity index (χ3n) is 4.69. The van der Waals surface area contributed by atoms with Gasteiger partial charge in [-0.2, -0.15) is 0 Å². The highest BCUT2D eigenvalue weighted by Crippen LogP contribution is 2.31. The Morgan fingerprint density at radius 3 is 2.86 bits per heavy atom. The van der Waals surface area contributed by atoms with Crippen LogP contribution in [-0.4, -0.2) is 23.5 Å². The molecule has 1 heterocycles. The normalized spacial score (nSPS) is 24.6. The molecule has 1 saturated carbocycles. The lowest BCUT2D eigenvalue weighted by atomic mass is 9.95. The zero-order valence-corrected chi connectivity index (χ0v) is 12.3. The summed E-state index contributed by atoms with van der Waals surface area (Å²) >= 11 is 0. The molecule has 1 fully saturated rings. The highest BCUT2D eigenvalue weighted by atomic mass is 16.5. The molecule has 1 aromatic heterocycles. The zero-order valence-electron chi connectivity index (χ0n) is 12.3. The van der Waals surface area contributed by atoms with Crippen molar-refractivity contribution in [1.29, 1.82) is 0 Å². The van der Waals surface area contributed by atoms with Gasteiger partial charge in [-0.05, 0) is 63.1 Å². The molecule has 5 heteroatoms. The number of aryl methyl sites for hydroxylation is 2. The molecular formula is C16H23N3O2. The van der Waals surface area contributed by atoms with Crippen LogP contribution in [0.1, 0.15) is 53.7 Å². The molecular weight excluding hydrogens is 266 g/mol. The van der Waals surface area contributed by atoms with Crippen LogP contribution in [0.3, 0.4) is 0 Å². The average Bonchev–Trinajstić information content (AvgIpc) is 2.93. The highest BCUT2D eigenvalue weighted by molar-refractivity contribution is 5.95. The van der Waals surface area contributed by atoms with Gasteiger partial charge in [-0.3, -0.25) is 4.79 Å². The quantitative estimate of drug-likeness (QED) is 0.880. The summed E-state index contributed by atoms with van der Waals surface area (Å²) < 4.78 is 6.05. The fourth-order valence-electron chi connectivity index (χ4n) is 3.45. The van der Waals surface area contributed by atoms with Gasteiger partial charge in [-0.15, -0.1) is 0 Å². The van der Waals surface area contributed by atoms with Gasteiger partial charge in [0.1, 0.15) is 11.7 Å². The van der Waals surface area contributed by atoms with Crippen LogP contribution in [0.25, 0.3) is 0 Å². The Labute approximate surface area is 125 Å². The SMILES string of the molecule is NCC1CCCC1Oc1nc2c(cc1C(N)=O)CCCC2. The molecule has 2 aliphatic rings. The van der Waals surface area contributed by atoms with Crippen LogP contribution in [0, 0.1) is 5.92 Å².